The quantitative estimate of drug-likeness (QED) is 0.619. The lowest BCUT2D eigenvalue weighted by Gasteiger charge is -2.21. The van der Waals surface area contributed by atoms with Gasteiger partial charge in [-0.2, -0.15) is 0 Å². The highest BCUT2D eigenvalue weighted by Gasteiger charge is 2.44. The number of carbonyl (C=O) groups is 1. The molecule has 1 fully saturated rings. The van der Waals surface area contributed by atoms with Crippen molar-refractivity contribution in [2.45, 2.75) is 38.4 Å². The Hall–Kier alpha value is -2.33. The first-order valence-corrected chi connectivity index (χ1v) is 8.21. The second-order valence-corrected chi connectivity index (χ2v) is 6.05. The molecule has 3 rings (SSSR count). The van der Waals surface area contributed by atoms with E-state index in [1.807, 2.05) is 0 Å². The number of ether oxygens (including phenoxy) is 2. The van der Waals surface area contributed by atoms with Crippen molar-refractivity contribution in [1.29, 1.82) is 0 Å². The first-order chi connectivity index (χ1) is 12.4. The van der Waals surface area contributed by atoms with Gasteiger partial charge in [0.1, 0.15) is 29.5 Å². The Balaban J connectivity index is 2.23. The number of rotatable bonds is 4. The molecule has 0 aliphatic carbocycles. The van der Waals surface area contributed by atoms with Gasteiger partial charge in [0.25, 0.3) is 0 Å². The van der Waals surface area contributed by atoms with Crippen LogP contribution in [-0.2, 0) is 9.47 Å². The molecular formula is C17H20N2O7. The van der Waals surface area contributed by atoms with E-state index in [0.29, 0.717) is 5.69 Å². The number of fused-ring (bicyclic) bond motifs is 1. The monoisotopic (exact) mass is 364 g/mol. The molecule has 1 aliphatic heterocycles. The van der Waals surface area contributed by atoms with Crippen LogP contribution in [0.5, 0.6) is 0 Å². The predicted molar refractivity (Wildman–Crippen MR) is 89.7 cm³/mol. The molecule has 0 unspecified atom stereocenters. The smallest absolute Gasteiger partial charge is 0.343 e. The molecule has 2 aromatic heterocycles. The topological polar surface area (TPSA) is 131 Å². The second kappa shape index (κ2) is 7.12. The van der Waals surface area contributed by atoms with Gasteiger partial charge in [0.2, 0.25) is 5.43 Å². The van der Waals surface area contributed by atoms with Crippen LogP contribution in [0.2, 0.25) is 0 Å². The zero-order valence-electron chi connectivity index (χ0n) is 14.3. The van der Waals surface area contributed by atoms with Crippen molar-refractivity contribution in [2.75, 3.05) is 13.2 Å². The molecule has 3 heterocycles. The highest BCUT2D eigenvalue weighted by molar-refractivity contribution is 5.93. The summed E-state index contributed by atoms with van der Waals surface area (Å²) in [6.45, 7) is 2.94. The van der Waals surface area contributed by atoms with Crippen LogP contribution >= 0.6 is 0 Å². The van der Waals surface area contributed by atoms with Crippen LogP contribution in [0.3, 0.4) is 0 Å². The summed E-state index contributed by atoms with van der Waals surface area (Å²) in [4.78, 5) is 29.1. The summed E-state index contributed by atoms with van der Waals surface area (Å²) in [6, 6.07) is 3.15. The van der Waals surface area contributed by atoms with Crippen LogP contribution in [0, 0.1) is 6.92 Å². The summed E-state index contributed by atoms with van der Waals surface area (Å²) in [5.74, 6) is -0.805. The van der Waals surface area contributed by atoms with Crippen molar-refractivity contribution in [1.82, 2.24) is 9.55 Å². The third kappa shape index (κ3) is 2.99. The molecule has 1 aliphatic rings. The van der Waals surface area contributed by atoms with Crippen LogP contribution in [0.4, 0.5) is 0 Å². The molecule has 26 heavy (non-hydrogen) atoms. The van der Waals surface area contributed by atoms with Gasteiger partial charge in [0.05, 0.1) is 18.6 Å². The number of esters is 1. The largest absolute Gasteiger partial charge is 0.462 e. The number of aryl methyl sites for hydroxylation is 1. The van der Waals surface area contributed by atoms with Crippen molar-refractivity contribution in [3.63, 3.8) is 0 Å². The van der Waals surface area contributed by atoms with Crippen LogP contribution in [-0.4, -0.2) is 62.4 Å². The lowest BCUT2D eigenvalue weighted by Crippen LogP contribution is -2.33. The van der Waals surface area contributed by atoms with Crippen molar-refractivity contribution >= 4 is 17.0 Å². The Kier molecular flexibility index (Phi) is 5.05. The van der Waals surface area contributed by atoms with E-state index in [0.717, 1.165) is 0 Å². The number of pyridine rings is 2. The van der Waals surface area contributed by atoms with E-state index in [4.69, 9.17) is 9.47 Å². The van der Waals surface area contributed by atoms with Crippen LogP contribution in [0.1, 0.15) is 29.2 Å². The molecule has 3 N–H and O–H groups in total. The molecule has 0 radical (unpaired) electrons. The predicted octanol–water partition coefficient (Wildman–Crippen LogP) is -0.507. The first-order valence-electron chi connectivity index (χ1n) is 8.21. The maximum atomic E-state index is 12.6. The standard InChI is InChI=1S/C17H20N2O7/c1-3-25-17(24)10-6-19(16-14(23)13(22)11(7-20)26-16)15-9(12(10)21)5-4-8(2)18-15/h4-6,11,13-14,16,20,22-23H,3,7H2,1-2H3/t11-,13-,14-,16-/m1/s1. The summed E-state index contributed by atoms with van der Waals surface area (Å²) in [5, 5.41) is 29.8. The zero-order valence-corrected chi connectivity index (χ0v) is 14.3. The second-order valence-electron chi connectivity index (χ2n) is 6.05. The molecule has 0 spiro atoms. The number of hydrogen-bond donors (Lipinski definition) is 3. The number of aliphatic hydroxyl groups excluding tert-OH is 3. The molecule has 9 nitrogen and oxygen atoms in total. The van der Waals surface area contributed by atoms with Gasteiger partial charge in [-0.15, -0.1) is 0 Å². The molecule has 4 atom stereocenters. The van der Waals surface area contributed by atoms with Gasteiger partial charge in [-0.1, -0.05) is 0 Å². The van der Waals surface area contributed by atoms with Gasteiger partial charge >= 0.3 is 5.97 Å². The minimum atomic E-state index is -1.38. The molecule has 0 amide bonds. The van der Waals surface area contributed by atoms with E-state index in [-0.39, 0.29) is 23.2 Å². The van der Waals surface area contributed by atoms with Crippen molar-refractivity contribution in [3.05, 3.63) is 39.8 Å². The summed E-state index contributed by atoms with van der Waals surface area (Å²) in [5.41, 5.74) is 0.0239. The number of aromatic nitrogens is 2. The van der Waals surface area contributed by atoms with Crippen molar-refractivity contribution < 1.29 is 29.6 Å². The number of hydrogen-bond acceptors (Lipinski definition) is 8. The summed E-state index contributed by atoms with van der Waals surface area (Å²) in [7, 11) is 0. The lowest BCUT2D eigenvalue weighted by atomic mass is 10.1. The first kappa shape index (κ1) is 18.5. The SMILES string of the molecule is CCOC(=O)c1cn([C@@H]2O[C@H](CO)[C@@H](O)[C@H]2O)c2nc(C)ccc2c1=O. The van der Waals surface area contributed by atoms with E-state index < -0.39 is 42.5 Å². The third-order valence-electron chi connectivity index (χ3n) is 4.30. The number of aliphatic hydroxyl groups is 3. The highest BCUT2D eigenvalue weighted by atomic mass is 16.6. The molecule has 1 saturated heterocycles. The molecule has 9 heteroatoms. The normalized spacial score (nSPS) is 25.6. The molecule has 2 aromatic rings. The minimum absolute atomic E-state index is 0.0936. The van der Waals surface area contributed by atoms with Gasteiger partial charge in [-0.25, -0.2) is 9.78 Å². The van der Waals surface area contributed by atoms with E-state index in [1.165, 1.54) is 16.8 Å². The van der Waals surface area contributed by atoms with Crippen LogP contribution in [0.15, 0.2) is 23.1 Å². The van der Waals surface area contributed by atoms with Crippen molar-refractivity contribution in [3.8, 4) is 0 Å². The fourth-order valence-corrected chi connectivity index (χ4v) is 2.98. The maximum Gasteiger partial charge on any atom is 0.343 e. The molecule has 0 aromatic carbocycles. The molecule has 0 saturated carbocycles. The molecule has 0 bridgehead atoms. The number of nitrogens with zero attached hydrogens (tertiary/aromatic N) is 2. The van der Waals surface area contributed by atoms with Crippen LogP contribution in [0.25, 0.3) is 11.0 Å². The van der Waals surface area contributed by atoms with E-state index >= 15 is 0 Å². The summed E-state index contributed by atoms with van der Waals surface area (Å²) in [6.07, 6.45) is -3.63. The Bertz CT molecular complexity index is 895. The van der Waals surface area contributed by atoms with Gasteiger partial charge in [-0.3, -0.25) is 4.79 Å². The van der Waals surface area contributed by atoms with Gasteiger partial charge < -0.3 is 29.4 Å². The van der Waals surface area contributed by atoms with Gasteiger partial charge in [-0.05, 0) is 26.0 Å². The molecular weight excluding hydrogens is 344 g/mol. The Labute approximate surface area is 148 Å². The Morgan fingerprint density at radius 2 is 2.08 bits per heavy atom. The third-order valence-corrected chi connectivity index (χ3v) is 4.30. The van der Waals surface area contributed by atoms with E-state index in [2.05, 4.69) is 4.98 Å². The Morgan fingerprint density at radius 1 is 1.35 bits per heavy atom. The average Bonchev–Trinajstić information content (AvgIpc) is 2.90. The van der Waals surface area contributed by atoms with Gasteiger partial charge in [0.15, 0.2) is 6.23 Å². The summed E-state index contributed by atoms with van der Waals surface area (Å²) < 4.78 is 11.8. The zero-order chi connectivity index (χ0) is 19.0. The fraction of sp³-hybridized carbons (Fsp3) is 0.471. The van der Waals surface area contributed by atoms with E-state index in [1.54, 1.807) is 19.9 Å². The highest BCUT2D eigenvalue weighted by Crippen LogP contribution is 2.31. The fourth-order valence-electron chi connectivity index (χ4n) is 2.98. The van der Waals surface area contributed by atoms with Crippen LogP contribution < -0.4 is 5.43 Å². The summed E-state index contributed by atoms with van der Waals surface area (Å²) >= 11 is 0. The minimum Gasteiger partial charge on any atom is -0.462 e. The van der Waals surface area contributed by atoms with E-state index in [9.17, 15) is 24.9 Å². The molecule has 140 valence electrons. The van der Waals surface area contributed by atoms with Gasteiger partial charge in [0, 0.05) is 11.9 Å². The Morgan fingerprint density at radius 3 is 2.69 bits per heavy atom. The van der Waals surface area contributed by atoms with Crippen molar-refractivity contribution in [2.24, 2.45) is 0 Å². The lowest BCUT2D eigenvalue weighted by molar-refractivity contribution is -0.0512. The maximum absolute atomic E-state index is 12.6. The number of carbonyl (C=O) groups excluding carboxylic acids is 1. The average molecular weight is 364 g/mol.